The number of benzene rings is 1. The third kappa shape index (κ3) is 4.72. The maximum Gasteiger partial charge on any atom is 0.273 e. The average molecular weight is 468 g/mol. The number of rotatable bonds is 5. The summed E-state index contributed by atoms with van der Waals surface area (Å²) in [6.45, 7) is 5.23. The largest absolute Gasteiger partial charge is 0.443 e. The second-order valence-corrected chi connectivity index (χ2v) is 8.79. The third-order valence-electron chi connectivity index (χ3n) is 6.05. The van der Waals surface area contributed by atoms with E-state index in [1.165, 1.54) is 0 Å². The molecule has 0 radical (unpaired) electrons. The monoisotopic (exact) mass is 467 g/mol. The zero-order valence-electron chi connectivity index (χ0n) is 18.5. The molecule has 1 atom stereocenters. The Kier molecular flexibility index (Phi) is 6.28. The van der Waals surface area contributed by atoms with E-state index in [1.807, 2.05) is 36.1 Å². The molecule has 2 aliphatic heterocycles. The van der Waals surface area contributed by atoms with Gasteiger partial charge >= 0.3 is 0 Å². The normalized spacial score (nSPS) is 18.7. The predicted octanol–water partition coefficient (Wildman–Crippen LogP) is 3.83. The van der Waals surface area contributed by atoms with E-state index < -0.39 is 0 Å². The number of hydrogen-bond acceptors (Lipinski definition) is 7. The summed E-state index contributed by atoms with van der Waals surface area (Å²) in [5.41, 5.74) is 2.15. The summed E-state index contributed by atoms with van der Waals surface area (Å²) >= 11 is 6.28. The van der Waals surface area contributed by atoms with Crippen LogP contribution in [0.3, 0.4) is 0 Å². The van der Waals surface area contributed by atoms with E-state index in [9.17, 15) is 4.79 Å². The van der Waals surface area contributed by atoms with Crippen LogP contribution in [0.25, 0.3) is 0 Å². The van der Waals surface area contributed by atoms with E-state index in [0.717, 1.165) is 29.9 Å². The van der Waals surface area contributed by atoms with Gasteiger partial charge in [0.1, 0.15) is 17.5 Å². The van der Waals surface area contributed by atoms with E-state index >= 15 is 0 Å². The molecular formula is C24H26ClN5O3. The highest BCUT2D eigenvalue weighted by atomic mass is 35.5. The lowest BCUT2D eigenvalue weighted by molar-refractivity contribution is 0.0708. The van der Waals surface area contributed by atoms with Gasteiger partial charge in [0, 0.05) is 36.8 Å². The number of aromatic nitrogens is 3. The fourth-order valence-corrected chi connectivity index (χ4v) is 4.57. The number of likely N-dealkylation sites (tertiary alicyclic amines) is 1. The molecule has 0 spiro atoms. The topological polar surface area (TPSA) is 84.6 Å². The maximum atomic E-state index is 13.5. The molecule has 2 aliphatic rings. The molecule has 2 saturated heterocycles. The van der Waals surface area contributed by atoms with E-state index in [1.54, 1.807) is 12.3 Å². The molecule has 5 rings (SSSR count). The van der Waals surface area contributed by atoms with Gasteiger partial charge in [0.05, 0.1) is 19.4 Å². The van der Waals surface area contributed by atoms with Crippen LogP contribution in [0.2, 0.25) is 5.02 Å². The fourth-order valence-electron chi connectivity index (χ4n) is 4.37. The van der Waals surface area contributed by atoms with Gasteiger partial charge in [-0.1, -0.05) is 29.8 Å². The van der Waals surface area contributed by atoms with Crippen molar-refractivity contribution in [3.05, 3.63) is 70.2 Å². The van der Waals surface area contributed by atoms with Crippen molar-refractivity contribution in [2.24, 2.45) is 0 Å². The number of morpholine rings is 1. The summed E-state index contributed by atoms with van der Waals surface area (Å²) in [6, 6.07) is 9.23. The Morgan fingerprint density at radius 3 is 2.82 bits per heavy atom. The van der Waals surface area contributed by atoms with Crippen LogP contribution in [-0.2, 0) is 11.2 Å². The number of hydrogen-bond donors (Lipinski definition) is 0. The van der Waals surface area contributed by atoms with Crippen molar-refractivity contribution in [2.45, 2.75) is 32.2 Å². The Hall–Kier alpha value is -2.97. The van der Waals surface area contributed by atoms with E-state index in [2.05, 4.69) is 19.9 Å². The molecule has 2 fully saturated rings. The number of halogens is 1. The van der Waals surface area contributed by atoms with Crippen molar-refractivity contribution in [3.8, 4) is 0 Å². The molecule has 1 aromatic carbocycles. The molecule has 2 aromatic heterocycles. The SMILES string of the molecule is Cc1cc(C(=O)N2CCC[C@H]2c2ncc(Cc3ccccc3Cl)o2)nc(N2CCOCC2)n1. The zero-order chi connectivity index (χ0) is 22.8. The first kappa shape index (κ1) is 21.9. The predicted molar refractivity (Wildman–Crippen MR) is 124 cm³/mol. The van der Waals surface area contributed by atoms with Crippen LogP contribution in [0, 0.1) is 6.92 Å². The Balaban J connectivity index is 1.35. The van der Waals surface area contributed by atoms with Crippen molar-refractivity contribution >= 4 is 23.5 Å². The van der Waals surface area contributed by atoms with Crippen molar-refractivity contribution in [2.75, 3.05) is 37.7 Å². The second-order valence-electron chi connectivity index (χ2n) is 8.38. The van der Waals surface area contributed by atoms with Crippen LogP contribution in [0.5, 0.6) is 0 Å². The number of anilines is 1. The first-order valence-corrected chi connectivity index (χ1v) is 11.6. The van der Waals surface area contributed by atoms with Crippen molar-refractivity contribution in [1.82, 2.24) is 19.9 Å². The molecule has 0 unspecified atom stereocenters. The van der Waals surface area contributed by atoms with Crippen molar-refractivity contribution in [3.63, 3.8) is 0 Å². The van der Waals surface area contributed by atoms with E-state index in [4.69, 9.17) is 20.8 Å². The summed E-state index contributed by atoms with van der Waals surface area (Å²) in [7, 11) is 0. The van der Waals surface area contributed by atoms with Crippen molar-refractivity contribution < 1.29 is 13.9 Å². The molecule has 0 N–H and O–H groups in total. The van der Waals surface area contributed by atoms with Gasteiger partial charge in [-0.25, -0.2) is 15.0 Å². The average Bonchev–Trinajstić information content (AvgIpc) is 3.50. The number of carbonyl (C=O) groups excluding carboxylic acids is 1. The highest BCUT2D eigenvalue weighted by Crippen LogP contribution is 2.33. The standard InChI is InChI=1S/C24H26ClN5O3/c1-16-13-20(28-24(27-16)29-9-11-32-12-10-29)23(31)30-8-4-7-21(30)22-26-15-18(33-22)14-17-5-2-3-6-19(17)25/h2-3,5-6,13,15,21H,4,7-12,14H2,1H3/t21-/m0/s1. The first-order valence-electron chi connectivity index (χ1n) is 11.3. The highest BCUT2D eigenvalue weighted by Gasteiger charge is 2.35. The molecule has 1 amide bonds. The van der Waals surface area contributed by atoms with Crippen LogP contribution in [0.4, 0.5) is 5.95 Å². The van der Waals surface area contributed by atoms with Crippen LogP contribution in [-0.4, -0.2) is 58.6 Å². The molecule has 0 aliphatic carbocycles. The minimum atomic E-state index is -0.209. The third-order valence-corrected chi connectivity index (χ3v) is 6.42. The molecule has 3 aromatic rings. The Morgan fingerprint density at radius 2 is 2.00 bits per heavy atom. The summed E-state index contributed by atoms with van der Waals surface area (Å²) in [5, 5.41) is 0.698. The van der Waals surface area contributed by atoms with Gasteiger partial charge < -0.3 is 19.0 Å². The number of oxazole rings is 1. The van der Waals surface area contributed by atoms with Gasteiger partial charge in [0.25, 0.3) is 5.91 Å². The van der Waals surface area contributed by atoms with Crippen LogP contribution in [0.1, 0.15) is 52.3 Å². The van der Waals surface area contributed by atoms with Crippen LogP contribution >= 0.6 is 11.6 Å². The number of amides is 1. The van der Waals surface area contributed by atoms with Gasteiger partial charge in [0.15, 0.2) is 0 Å². The van der Waals surface area contributed by atoms with Gasteiger partial charge in [-0.3, -0.25) is 4.79 Å². The molecule has 4 heterocycles. The molecular weight excluding hydrogens is 442 g/mol. The lowest BCUT2D eigenvalue weighted by Gasteiger charge is -2.27. The minimum absolute atomic E-state index is 0.122. The molecule has 0 bridgehead atoms. The maximum absolute atomic E-state index is 13.5. The second kappa shape index (κ2) is 9.49. The van der Waals surface area contributed by atoms with Gasteiger partial charge in [-0.15, -0.1) is 0 Å². The quantitative estimate of drug-likeness (QED) is 0.563. The van der Waals surface area contributed by atoms with Crippen LogP contribution in [0.15, 0.2) is 40.9 Å². The number of nitrogens with zero attached hydrogens (tertiary/aromatic N) is 5. The minimum Gasteiger partial charge on any atom is -0.443 e. The lowest BCUT2D eigenvalue weighted by Crippen LogP contribution is -2.38. The summed E-state index contributed by atoms with van der Waals surface area (Å²) < 4.78 is 11.5. The van der Waals surface area contributed by atoms with Gasteiger partial charge in [0.2, 0.25) is 11.8 Å². The smallest absolute Gasteiger partial charge is 0.273 e. The van der Waals surface area contributed by atoms with Crippen LogP contribution < -0.4 is 4.90 Å². The molecule has 9 heteroatoms. The Bertz CT molecular complexity index is 1140. The number of ether oxygens (including phenoxy) is 1. The fraction of sp³-hybridized carbons (Fsp3) is 0.417. The lowest BCUT2D eigenvalue weighted by atomic mass is 10.1. The van der Waals surface area contributed by atoms with Crippen molar-refractivity contribution in [1.29, 1.82) is 0 Å². The van der Waals surface area contributed by atoms with E-state index in [0.29, 0.717) is 61.8 Å². The first-order chi connectivity index (χ1) is 16.1. The molecule has 0 saturated carbocycles. The molecule has 8 nitrogen and oxygen atoms in total. The molecule has 33 heavy (non-hydrogen) atoms. The number of carbonyl (C=O) groups is 1. The van der Waals surface area contributed by atoms with Gasteiger partial charge in [-0.05, 0) is 37.5 Å². The summed E-state index contributed by atoms with van der Waals surface area (Å²) in [5.74, 6) is 1.74. The van der Waals surface area contributed by atoms with E-state index in [-0.39, 0.29) is 11.9 Å². The summed E-state index contributed by atoms with van der Waals surface area (Å²) in [6.07, 6.45) is 3.98. The zero-order valence-corrected chi connectivity index (χ0v) is 19.3. The summed E-state index contributed by atoms with van der Waals surface area (Å²) in [4.78, 5) is 31.0. The highest BCUT2D eigenvalue weighted by molar-refractivity contribution is 6.31. The van der Waals surface area contributed by atoms with Gasteiger partial charge in [-0.2, -0.15) is 0 Å². The Morgan fingerprint density at radius 1 is 1.18 bits per heavy atom. The number of aryl methyl sites for hydroxylation is 1. The Labute approximate surface area is 197 Å². The molecule has 172 valence electrons.